The number of piperazine rings is 1. The number of hydrogen-bond donors (Lipinski definition) is 2. The molecule has 0 aromatic heterocycles. The predicted octanol–water partition coefficient (Wildman–Crippen LogP) is 4.11. The van der Waals surface area contributed by atoms with Gasteiger partial charge in [0.25, 0.3) is 0 Å². The van der Waals surface area contributed by atoms with Crippen molar-refractivity contribution in [2.24, 2.45) is 0 Å². The standard InChI is InChI=1S/C29H31ClN4O3/c1-29(11-10-26(37-15-14-35)16-24(29)18-32)34-13-12-33(19-27(34)22-6-8-25(30)9-7-22)28(20-36)23-4-2-21(17-31)3-5-23/h2-10,16,27-28,35-36H,11-15,19-20H2,1H3/t27-,28+,29?/m0/s1. The van der Waals surface area contributed by atoms with Crippen LogP contribution in [0.2, 0.25) is 5.02 Å². The van der Waals surface area contributed by atoms with E-state index in [1.54, 1.807) is 18.2 Å². The quantitative estimate of drug-likeness (QED) is 0.542. The minimum absolute atomic E-state index is 0.0475. The Kier molecular flexibility index (Phi) is 8.66. The number of halogens is 1. The first-order chi connectivity index (χ1) is 17.9. The predicted molar refractivity (Wildman–Crippen MR) is 141 cm³/mol. The molecule has 37 heavy (non-hydrogen) atoms. The highest BCUT2D eigenvalue weighted by Gasteiger charge is 2.44. The highest BCUT2D eigenvalue weighted by Crippen LogP contribution is 2.42. The van der Waals surface area contributed by atoms with Gasteiger partial charge in [-0.05, 0) is 60.9 Å². The van der Waals surface area contributed by atoms with Gasteiger partial charge in [-0.1, -0.05) is 35.9 Å². The van der Waals surface area contributed by atoms with Crippen LogP contribution >= 0.6 is 11.6 Å². The molecule has 2 aromatic rings. The maximum absolute atomic E-state index is 10.4. The SMILES string of the molecule is CC1(N2CCN([C@H](CO)c3ccc(C#N)cc3)C[C@H]2c2ccc(Cl)cc2)CC=C(OCCO)C=C1C#N. The fourth-order valence-electron chi connectivity index (χ4n) is 5.31. The van der Waals surface area contributed by atoms with Crippen molar-refractivity contribution < 1.29 is 14.9 Å². The highest BCUT2D eigenvalue weighted by molar-refractivity contribution is 6.30. The number of aliphatic hydroxyl groups is 2. The van der Waals surface area contributed by atoms with Gasteiger partial charge in [-0.3, -0.25) is 9.80 Å². The minimum atomic E-state index is -0.555. The van der Waals surface area contributed by atoms with E-state index in [0.717, 1.165) is 11.1 Å². The van der Waals surface area contributed by atoms with Gasteiger partial charge < -0.3 is 14.9 Å². The molecule has 1 unspecified atom stereocenters. The third-order valence-corrected chi connectivity index (χ3v) is 7.64. The molecule has 7 nitrogen and oxygen atoms in total. The molecular weight excluding hydrogens is 488 g/mol. The maximum atomic E-state index is 10.4. The van der Waals surface area contributed by atoms with Crippen molar-refractivity contribution in [1.29, 1.82) is 10.5 Å². The first-order valence-corrected chi connectivity index (χ1v) is 12.7. The number of nitriles is 2. The lowest BCUT2D eigenvalue weighted by atomic mass is 9.80. The van der Waals surface area contributed by atoms with Crippen molar-refractivity contribution in [3.63, 3.8) is 0 Å². The molecule has 1 saturated heterocycles. The van der Waals surface area contributed by atoms with Crippen molar-refractivity contribution in [2.45, 2.75) is 31.0 Å². The topological polar surface area (TPSA) is 104 Å². The Morgan fingerprint density at radius 2 is 1.81 bits per heavy atom. The molecule has 0 saturated carbocycles. The second-order valence-corrected chi connectivity index (χ2v) is 9.95. The summed E-state index contributed by atoms with van der Waals surface area (Å²) < 4.78 is 5.59. The minimum Gasteiger partial charge on any atom is -0.492 e. The van der Waals surface area contributed by atoms with Crippen LogP contribution in [0.15, 0.2) is 72.0 Å². The molecule has 4 rings (SSSR count). The highest BCUT2D eigenvalue weighted by atomic mass is 35.5. The fourth-order valence-corrected chi connectivity index (χ4v) is 5.44. The summed E-state index contributed by atoms with van der Waals surface area (Å²) in [6.45, 7) is 4.15. The normalized spacial score (nSPS) is 23.4. The number of rotatable bonds is 8. The third-order valence-electron chi connectivity index (χ3n) is 7.39. The zero-order valence-electron chi connectivity index (χ0n) is 20.8. The van der Waals surface area contributed by atoms with Crippen LogP contribution in [0.1, 0.15) is 42.1 Å². The largest absolute Gasteiger partial charge is 0.492 e. The molecule has 8 heteroatoms. The van der Waals surface area contributed by atoms with Crippen molar-refractivity contribution in [3.05, 3.63) is 93.7 Å². The van der Waals surface area contributed by atoms with Gasteiger partial charge in [0, 0.05) is 30.7 Å². The zero-order chi connectivity index (χ0) is 26.4. The van der Waals surface area contributed by atoms with E-state index in [-0.39, 0.29) is 31.9 Å². The van der Waals surface area contributed by atoms with Crippen LogP contribution in [0, 0.1) is 22.7 Å². The number of ether oxygens (including phenoxy) is 1. The molecule has 3 atom stereocenters. The molecular formula is C29H31ClN4O3. The van der Waals surface area contributed by atoms with E-state index >= 15 is 0 Å². The van der Waals surface area contributed by atoms with E-state index in [1.165, 1.54) is 0 Å². The van der Waals surface area contributed by atoms with Crippen LogP contribution in [-0.2, 0) is 4.74 Å². The lowest BCUT2D eigenvalue weighted by molar-refractivity contribution is -0.0162. The molecule has 1 heterocycles. The van der Waals surface area contributed by atoms with Gasteiger partial charge in [-0.15, -0.1) is 0 Å². The lowest BCUT2D eigenvalue weighted by Crippen LogP contribution is -2.58. The van der Waals surface area contributed by atoms with E-state index in [9.17, 15) is 10.4 Å². The third kappa shape index (κ3) is 5.72. The zero-order valence-corrected chi connectivity index (χ0v) is 21.6. The van der Waals surface area contributed by atoms with Crippen molar-refractivity contribution >= 4 is 11.6 Å². The number of hydrogen-bond acceptors (Lipinski definition) is 7. The summed E-state index contributed by atoms with van der Waals surface area (Å²) in [7, 11) is 0. The maximum Gasteiger partial charge on any atom is 0.116 e. The summed E-state index contributed by atoms with van der Waals surface area (Å²) in [4.78, 5) is 4.64. The Morgan fingerprint density at radius 1 is 1.08 bits per heavy atom. The van der Waals surface area contributed by atoms with Crippen LogP contribution in [-0.4, -0.2) is 65.0 Å². The fraction of sp³-hybridized carbons (Fsp3) is 0.379. The summed E-state index contributed by atoms with van der Waals surface area (Å²) in [6.07, 6.45) is 4.35. The van der Waals surface area contributed by atoms with Gasteiger partial charge in [0.1, 0.15) is 12.4 Å². The summed E-state index contributed by atoms with van der Waals surface area (Å²) in [5.41, 5.74) is 2.68. The molecule has 1 fully saturated rings. The molecule has 2 aliphatic rings. The monoisotopic (exact) mass is 518 g/mol. The summed E-state index contributed by atoms with van der Waals surface area (Å²) in [5, 5.41) is 39.4. The number of benzene rings is 2. The van der Waals surface area contributed by atoms with Crippen molar-refractivity contribution in [1.82, 2.24) is 9.80 Å². The summed E-state index contributed by atoms with van der Waals surface area (Å²) >= 11 is 6.20. The molecule has 0 radical (unpaired) electrons. The Hall–Kier alpha value is -3.17. The molecule has 0 amide bonds. The van der Waals surface area contributed by atoms with Gasteiger partial charge in [0.05, 0.1) is 48.1 Å². The van der Waals surface area contributed by atoms with E-state index < -0.39 is 5.54 Å². The smallest absolute Gasteiger partial charge is 0.116 e. The second-order valence-electron chi connectivity index (χ2n) is 9.51. The average Bonchev–Trinajstić information content (AvgIpc) is 2.93. The Bertz CT molecular complexity index is 1230. The second kappa shape index (κ2) is 11.9. The van der Waals surface area contributed by atoms with Crippen LogP contribution in [0.25, 0.3) is 0 Å². The van der Waals surface area contributed by atoms with E-state index in [4.69, 9.17) is 26.7 Å². The Labute approximate surface area is 223 Å². The molecule has 2 aromatic carbocycles. The molecule has 2 N–H and O–H groups in total. The van der Waals surface area contributed by atoms with Crippen molar-refractivity contribution in [2.75, 3.05) is 39.5 Å². The summed E-state index contributed by atoms with van der Waals surface area (Å²) in [5.74, 6) is 0.603. The molecule has 1 aliphatic heterocycles. The first-order valence-electron chi connectivity index (χ1n) is 12.4. The number of nitrogens with zero attached hydrogens (tertiary/aromatic N) is 4. The van der Waals surface area contributed by atoms with Crippen molar-refractivity contribution in [3.8, 4) is 12.1 Å². The molecule has 1 aliphatic carbocycles. The number of aliphatic hydroxyl groups excluding tert-OH is 2. The van der Waals surface area contributed by atoms with E-state index in [2.05, 4.69) is 28.9 Å². The molecule has 0 spiro atoms. The van der Waals surface area contributed by atoms with Gasteiger partial charge in [0.15, 0.2) is 0 Å². The van der Waals surface area contributed by atoms with Gasteiger partial charge in [0.2, 0.25) is 0 Å². The van der Waals surface area contributed by atoms with Crippen LogP contribution in [0.3, 0.4) is 0 Å². The van der Waals surface area contributed by atoms with Gasteiger partial charge in [-0.2, -0.15) is 10.5 Å². The van der Waals surface area contributed by atoms with Crippen LogP contribution in [0.5, 0.6) is 0 Å². The lowest BCUT2D eigenvalue weighted by Gasteiger charge is -2.52. The summed E-state index contributed by atoms with van der Waals surface area (Å²) in [6, 6.07) is 19.4. The van der Waals surface area contributed by atoms with Crippen LogP contribution in [0.4, 0.5) is 0 Å². The Morgan fingerprint density at radius 3 is 2.43 bits per heavy atom. The van der Waals surface area contributed by atoms with Crippen LogP contribution < -0.4 is 0 Å². The van der Waals surface area contributed by atoms with Gasteiger partial charge >= 0.3 is 0 Å². The van der Waals surface area contributed by atoms with E-state index in [0.29, 0.717) is 48.0 Å². The van der Waals surface area contributed by atoms with E-state index in [1.807, 2.05) is 42.5 Å². The first kappa shape index (κ1) is 26.9. The Balaban J connectivity index is 1.66. The molecule has 192 valence electrons. The molecule has 0 bridgehead atoms. The van der Waals surface area contributed by atoms with Gasteiger partial charge in [-0.25, -0.2) is 0 Å². The average molecular weight is 519 g/mol. The number of allylic oxidation sites excluding steroid dienone is 1.